The van der Waals surface area contributed by atoms with Crippen LogP contribution in [-0.4, -0.2) is 38.3 Å². The molecule has 8 heteroatoms. The highest BCUT2D eigenvalue weighted by Crippen LogP contribution is 2.20. The van der Waals surface area contributed by atoms with Gasteiger partial charge in [0, 0.05) is 30.1 Å². The first kappa shape index (κ1) is 18.4. The minimum atomic E-state index is -0.893. The number of amides is 1. The maximum atomic E-state index is 12.8. The molecule has 0 bridgehead atoms. The van der Waals surface area contributed by atoms with E-state index in [1.165, 1.54) is 4.68 Å². The number of aliphatic carboxylic acids is 1. The molecule has 0 saturated heterocycles. The van der Waals surface area contributed by atoms with Gasteiger partial charge in [-0.3, -0.25) is 24.5 Å². The summed E-state index contributed by atoms with van der Waals surface area (Å²) in [5, 5.41) is 15.8. The summed E-state index contributed by atoms with van der Waals surface area (Å²) in [5.41, 5.74) is 2.31. The van der Waals surface area contributed by atoms with E-state index >= 15 is 0 Å². The lowest BCUT2D eigenvalue weighted by molar-refractivity contribution is -0.137. The molecular formula is C21H18N4O4. The van der Waals surface area contributed by atoms with Crippen LogP contribution in [0.4, 0.5) is 0 Å². The second-order valence-electron chi connectivity index (χ2n) is 6.62. The zero-order valence-corrected chi connectivity index (χ0v) is 15.4. The van der Waals surface area contributed by atoms with Gasteiger partial charge in [-0.1, -0.05) is 18.2 Å². The monoisotopic (exact) mass is 390 g/mol. The van der Waals surface area contributed by atoms with Crippen molar-refractivity contribution in [1.29, 1.82) is 0 Å². The molecule has 146 valence electrons. The summed E-state index contributed by atoms with van der Waals surface area (Å²) in [5.74, 6) is -1.18. The molecule has 0 unspecified atom stereocenters. The molecule has 2 heterocycles. The summed E-state index contributed by atoms with van der Waals surface area (Å²) < 4.78 is 1.42. The molecule has 8 nitrogen and oxygen atoms in total. The van der Waals surface area contributed by atoms with Gasteiger partial charge >= 0.3 is 5.97 Å². The summed E-state index contributed by atoms with van der Waals surface area (Å²) in [6.45, 7) is 0.286. The quantitative estimate of drug-likeness (QED) is 0.437. The van der Waals surface area contributed by atoms with Crippen LogP contribution in [0.15, 0.2) is 59.5 Å². The van der Waals surface area contributed by atoms with Crippen molar-refractivity contribution in [3.63, 3.8) is 0 Å². The van der Waals surface area contributed by atoms with E-state index in [4.69, 9.17) is 5.11 Å². The number of carboxylic acid groups (broad SMARTS) is 1. The van der Waals surface area contributed by atoms with E-state index < -0.39 is 5.97 Å². The topological polar surface area (TPSA) is 117 Å². The zero-order chi connectivity index (χ0) is 20.4. The second kappa shape index (κ2) is 7.59. The fourth-order valence-corrected chi connectivity index (χ4v) is 3.19. The molecule has 3 N–H and O–H groups in total. The van der Waals surface area contributed by atoms with Crippen molar-refractivity contribution in [3.8, 4) is 5.69 Å². The minimum Gasteiger partial charge on any atom is -0.481 e. The van der Waals surface area contributed by atoms with Gasteiger partial charge in [-0.05, 0) is 36.8 Å². The van der Waals surface area contributed by atoms with Crippen LogP contribution in [0, 0.1) is 0 Å². The number of nitrogens with zero attached hydrogens (tertiary/aromatic N) is 2. The molecule has 4 aromatic rings. The van der Waals surface area contributed by atoms with Crippen LogP contribution >= 0.6 is 0 Å². The van der Waals surface area contributed by atoms with Crippen LogP contribution in [0.25, 0.3) is 27.5 Å². The largest absolute Gasteiger partial charge is 0.481 e. The number of carbonyl (C=O) groups excluding carboxylic acids is 1. The van der Waals surface area contributed by atoms with Gasteiger partial charge in [0.15, 0.2) is 0 Å². The van der Waals surface area contributed by atoms with E-state index in [1.807, 2.05) is 24.3 Å². The molecule has 4 rings (SSSR count). The molecule has 2 aromatic heterocycles. The Labute approximate surface area is 164 Å². The Kier molecular flexibility index (Phi) is 4.82. The predicted octanol–water partition coefficient (Wildman–Crippen LogP) is 2.46. The summed E-state index contributed by atoms with van der Waals surface area (Å²) in [7, 11) is 0. The molecular weight excluding hydrogens is 372 g/mol. The Morgan fingerprint density at radius 1 is 1.07 bits per heavy atom. The Bertz CT molecular complexity index is 1270. The molecule has 0 atom stereocenters. The van der Waals surface area contributed by atoms with Crippen molar-refractivity contribution < 1.29 is 14.7 Å². The number of hydrogen-bond acceptors (Lipinski definition) is 4. The standard InChI is InChI=1S/C21H18N4O4/c26-18(27)6-3-11-22-20(28)13-7-9-14(10-8-13)25-21(29)16-12-23-17-5-2-1-4-15(17)19(16)24-25/h1-2,4-5,7-10,12,24H,3,6,11H2,(H,22,28)(H,26,27). The number of hydrogen-bond donors (Lipinski definition) is 3. The number of aromatic amines is 1. The fourth-order valence-electron chi connectivity index (χ4n) is 3.19. The van der Waals surface area contributed by atoms with Crippen LogP contribution in [0.2, 0.25) is 0 Å². The average molecular weight is 390 g/mol. The third-order valence-electron chi connectivity index (χ3n) is 4.67. The summed E-state index contributed by atoms with van der Waals surface area (Å²) in [6, 6.07) is 14.2. The van der Waals surface area contributed by atoms with E-state index in [1.54, 1.807) is 30.5 Å². The van der Waals surface area contributed by atoms with Crippen molar-refractivity contribution >= 4 is 33.7 Å². The third kappa shape index (κ3) is 3.60. The van der Waals surface area contributed by atoms with Crippen molar-refractivity contribution in [2.75, 3.05) is 6.54 Å². The van der Waals surface area contributed by atoms with Gasteiger partial charge in [-0.15, -0.1) is 0 Å². The Morgan fingerprint density at radius 2 is 1.83 bits per heavy atom. The van der Waals surface area contributed by atoms with Gasteiger partial charge in [0.2, 0.25) is 0 Å². The number of para-hydroxylation sites is 1. The number of pyridine rings is 1. The molecule has 0 aliphatic heterocycles. The number of nitrogens with one attached hydrogen (secondary N) is 2. The molecule has 0 fully saturated rings. The summed E-state index contributed by atoms with van der Waals surface area (Å²) >= 11 is 0. The number of H-pyrrole nitrogens is 1. The van der Waals surface area contributed by atoms with Crippen molar-refractivity contribution in [2.24, 2.45) is 0 Å². The number of benzene rings is 2. The highest BCUT2D eigenvalue weighted by molar-refractivity contribution is 6.02. The first-order valence-electron chi connectivity index (χ1n) is 9.13. The van der Waals surface area contributed by atoms with E-state index in [9.17, 15) is 14.4 Å². The first-order valence-corrected chi connectivity index (χ1v) is 9.13. The van der Waals surface area contributed by atoms with Gasteiger partial charge in [-0.2, -0.15) is 0 Å². The Morgan fingerprint density at radius 3 is 2.59 bits per heavy atom. The Balaban J connectivity index is 1.59. The van der Waals surface area contributed by atoms with Crippen LogP contribution < -0.4 is 10.9 Å². The van der Waals surface area contributed by atoms with Crippen LogP contribution in [-0.2, 0) is 4.79 Å². The second-order valence-corrected chi connectivity index (χ2v) is 6.62. The minimum absolute atomic E-state index is 0.00601. The predicted molar refractivity (Wildman–Crippen MR) is 108 cm³/mol. The lowest BCUT2D eigenvalue weighted by Gasteiger charge is -2.06. The van der Waals surface area contributed by atoms with Crippen LogP contribution in [0.3, 0.4) is 0 Å². The van der Waals surface area contributed by atoms with E-state index in [2.05, 4.69) is 15.4 Å². The van der Waals surface area contributed by atoms with Crippen molar-refractivity contribution in [3.05, 3.63) is 70.6 Å². The molecule has 1 amide bonds. The van der Waals surface area contributed by atoms with Gasteiger partial charge in [0.05, 0.1) is 22.1 Å². The summed E-state index contributed by atoms with van der Waals surface area (Å²) in [6.07, 6.45) is 1.93. The molecule has 0 aliphatic carbocycles. The molecule has 0 saturated carbocycles. The fraction of sp³-hybridized carbons (Fsp3) is 0.143. The van der Waals surface area contributed by atoms with Gasteiger partial charge < -0.3 is 10.4 Å². The van der Waals surface area contributed by atoms with Crippen LogP contribution in [0.1, 0.15) is 23.2 Å². The molecule has 29 heavy (non-hydrogen) atoms. The first-order chi connectivity index (χ1) is 14.0. The average Bonchev–Trinajstić information content (AvgIpc) is 3.08. The third-order valence-corrected chi connectivity index (χ3v) is 4.67. The van der Waals surface area contributed by atoms with E-state index in [0.29, 0.717) is 28.6 Å². The van der Waals surface area contributed by atoms with Crippen LogP contribution in [0.5, 0.6) is 0 Å². The van der Waals surface area contributed by atoms with E-state index in [-0.39, 0.29) is 24.4 Å². The van der Waals surface area contributed by atoms with Gasteiger partial charge in [-0.25, -0.2) is 4.68 Å². The smallest absolute Gasteiger partial charge is 0.303 e. The number of fused-ring (bicyclic) bond motifs is 3. The van der Waals surface area contributed by atoms with Crippen molar-refractivity contribution in [2.45, 2.75) is 12.8 Å². The highest BCUT2D eigenvalue weighted by atomic mass is 16.4. The number of aromatic nitrogens is 3. The van der Waals surface area contributed by atoms with Gasteiger partial charge in [0.1, 0.15) is 0 Å². The molecule has 0 radical (unpaired) electrons. The molecule has 0 spiro atoms. The normalized spacial score (nSPS) is 11.0. The Hall–Kier alpha value is -3.94. The lowest BCUT2D eigenvalue weighted by Crippen LogP contribution is -2.25. The lowest BCUT2D eigenvalue weighted by atomic mass is 10.2. The molecule has 0 aliphatic rings. The maximum Gasteiger partial charge on any atom is 0.303 e. The number of rotatable bonds is 6. The van der Waals surface area contributed by atoms with Gasteiger partial charge in [0.25, 0.3) is 11.5 Å². The van der Waals surface area contributed by atoms with Crippen molar-refractivity contribution in [1.82, 2.24) is 20.1 Å². The number of carboxylic acids is 1. The maximum absolute atomic E-state index is 12.8. The van der Waals surface area contributed by atoms with E-state index in [0.717, 1.165) is 10.9 Å². The zero-order valence-electron chi connectivity index (χ0n) is 15.4. The molecule has 2 aromatic carbocycles. The number of carbonyl (C=O) groups is 2. The SMILES string of the molecule is O=C(O)CCCNC(=O)c1ccc(-n2[nH]c3c(cnc4ccccc43)c2=O)cc1. The highest BCUT2D eigenvalue weighted by Gasteiger charge is 2.12. The summed E-state index contributed by atoms with van der Waals surface area (Å²) in [4.78, 5) is 39.8.